The van der Waals surface area contributed by atoms with Gasteiger partial charge in [-0.05, 0) is 97.6 Å². The monoisotopic (exact) mass is 466 g/mol. The third-order valence-corrected chi connectivity index (χ3v) is 7.31. The number of amides is 1. The molecule has 0 aliphatic carbocycles. The molecule has 33 heavy (non-hydrogen) atoms. The number of aryl methyl sites for hydroxylation is 2. The minimum absolute atomic E-state index is 0.159. The predicted molar refractivity (Wildman–Crippen MR) is 131 cm³/mol. The molecule has 1 aliphatic rings. The molecule has 0 bridgehead atoms. The molecule has 0 radical (unpaired) electrons. The fraction of sp³-hybridized carbons (Fsp3) is 0.385. The van der Waals surface area contributed by atoms with Crippen LogP contribution in [0.5, 0.6) is 5.75 Å². The van der Waals surface area contributed by atoms with Crippen LogP contribution in [0.3, 0.4) is 0 Å². The standard InChI is InChI=1S/C26H30N2O4S/c1-17-11-20-14-28(26(31)23(20)12-18(17)2)9-4-8-27(3)10-7-19-16-33-24-13-21(5-6-22(19)24)32-15-25(29)30/h5-6,11-13,16H,4,7-10,14-15H2,1-3H3,(H,29,30). The summed E-state index contributed by atoms with van der Waals surface area (Å²) < 4.78 is 6.38. The van der Waals surface area contributed by atoms with Crippen LogP contribution in [-0.2, 0) is 17.8 Å². The number of benzene rings is 2. The van der Waals surface area contributed by atoms with E-state index in [1.54, 1.807) is 11.3 Å². The van der Waals surface area contributed by atoms with Crippen LogP contribution in [0.4, 0.5) is 0 Å². The maximum Gasteiger partial charge on any atom is 0.341 e. The molecule has 1 aromatic heterocycles. The third-order valence-electron chi connectivity index (χ3n) is 6.32. The number of hydrogen-bond donors (Lipinski definition) is 1. The molecule has 2 aromatic carbocycles. The fourth-order valence-electron chi connectivity index (χ4n) is 4.28. The number of carboxylic acid groups (broad SMARTS) is 1. The Kier molecular flexibility index (Phi) is 7.00. The number of fused-ring (bicyclic) bond motifs is 2. The molecule has 0 unspecified atom stereocenters. The van der Waals surface area contributed by atoms with E-state index >= 15 is 0 Å². The second kappa shape index (κ2) is 9.93. The van der Waals surface area contributed by atoms with Crippen LogP contribution < -0.4 is 4.74 Å². The van der Waals surface area contributed by atoms with Gasteiger partial charge in [0.05, 0.1) is 0 Å². The zero-order valence-corrected chi connectivity index (χ0v) is 20.2. The van der Waals surface area contributed by atoms with Crippen molar-refractivity contribution in [1.29, 1.82) is 0 Å². The normalized spacial score (nSPS) is 13.2. The van der Waals surface area contributed by atoms with Crippen LogP contribution in [0.1, 0.15) is 39.0 Å². The van der Waals surface area contributed by atoms with Crippen molar-refractivity contribution in [1.82, 2.24) is 9.80 Å². The number of aliphatic carboxylic acids is 1. The maximum absolute atomic E-state index is 12.7. The summed E-state index contributed by atoms with van der Waals surface area (Å²) in [6, 6.07) is 9.94. The average molecular weight is 467 g/mol. The van der Waals surface area contributed by atoms with Gasteiger partial charge in [0.15, 0.2) is 6.61 Å². The number of thiophene rings is 1. The lowest BCUT2D eigenvalue weighted by atomic mass is 10.0. The van der Waals surface area contributed by atoms with E-state index in [4.69, 9.17) is 9.84 Å². The van der Waals surface area contributed by atoms with Gasteiger partial charge in [-0.1, -0.05) is 6.07 Å². The molecule has 3 aromatic rings. The predicted octanol–water partition coefficient (Wildman–Crippen LogP) is 4.50. The molecule has 4 rings (SSSR count). The molecule has 0 spiro atoms. The minimum atomic E-state index is -0.978. The second-order valence-corrected chi connectivity index (χ2v) is 9.74. The van der Waals surface area contributed by atoms with E-state index in [1.165, 1.54) is 22.1 Å². The van der Waals surface area contributed by atoms with Gasteiger partial charge in [-0.3, -0.25) is 4.79 Å². The Balaban J connectivity index is 1.24. The lowest BCUT2D eigenvalue weighted by Crippen LogP contribution is -2.29. The molecular formula is C26H30N2O4S. The SMILES string of the molecule is Cc1cc2c(cc1C)C(=O)N(CCCN(C)CCc1csc3cc(OCC(=O)O)ccc13)C2. The number of carbonyl (C=O) groups excluding carboxylic acids is 1. The molecule has 1 amide bonds. The first-order valence-electron chi connectivity index (χ1n) is 11.2. The van der Waals surface area contributed by atoms with E-state index < -0.39 is 5.97 Å². The van der Waals surface area contributed by atoms with Gasteiger partial charge in [0, 0.05) is 29.9 Å². The largest absolute Gasteiger partial charge is 0.482 e. The smallest absolute Gasteiger partial charge is 0.341 e. The molecule has 0 saturated carbocycles. The molecule has 174 valence electrons. The summed E-state index contributed by atoms with van der Waals surface area (Å²) in [5.74, 6) is -0.236. The van der Waals surface area contributed by atoms with Crippen LogP contribution in [0.25, 0.3) is 10.1 Å². The van der Waals surface area contributed by atoms with Crippen molar-refractivity contribution in [2.45, 2.75) is 33.2 Å². The number of rotatable bonds is 10. The highest BCUT2D eigenvalue weighted by Crippen LogP contribution is 2.30. The molecule has 0 fully saturated rings. The van der Waals surface area contributed by atoms with Crippen molar-refractivity contribution in [2.75, 3.05) is 33.3 Å². The maximum atomic E-state index is 12.7. The summed E-state index contributed by atoms with van der Waals surface area (Å²) in [5, 5.41) is 12.1. The van der Waals surface area contributed by atoms with E-state index in [-0.39, 0.29) is 12.5 Å². The lowest BCUT2D eigenvalue weighted by Gasteiger charge is -2.20. The number of carbonyl (C=O) groups is 2. The Labute approximate surface area is 198 Å². The van der Waals surface area contributed by atoms with Gasteiger partial charge >= 0.3 is 5.97 Å². The number of likely N-dealkylation sites (N-methyl/N-ethyl adjacent to an activating group) is 1. The second-order valence-electron chi connectivity index (χ2n) is 8.83. The Morgan fingerprint density at radius 1 is 1.18 bits per heavy atom. The van der Waals surface area contributed by atoms with Crippen molar-refractivity contribution < 1.29 is 19.4 Å². The van der Waals surface area contributed by atoms with E-state index in [9.17, 15) is 9.59 Å². The summed E-state index contributed by atoms with van der Waals surface area (Å²) in [5.41, 5.74) is 5.73. The van der Waals surface area contributed by atoms with E-state index in [0.717, 1.165) is 54.8 Å². The van der Waals surface area contributed by atoms with Crippen molar-refractivity contribution in [3.8, 4) is 5.75 Å². The molecular weight excluding hydrogens is 436 g/mol. The first kappa shape index (κ1) is 23.3. The van der Waals surface area contributed by atoms with Crippen LogP contribution in [0.2, 0.25) is 0 Å². The van der Waals surface area contributed by atoms with Gasteiger partial charge < -0.3 is 19.6 Å². The Morgan fingerprint density at radius 2 is 1.97 bits per heavy atom. The van der Waals surface area contributed by atoms with Crippen molar-refractivity contribution >= 4 is 33.3 Å². The number of nitrogens with zero attached hydrogens (tertiary/aromatic N) is 2. The molecule has 6 nitrogen and oxygen atoms in total. The van der Waals surface area contributed by atoms with Gasteiger partial charge in [-0.15, -0.1) is 11.3 Å². The van der Waals surface area contributed by atoms with E-state index in [0.29, 0.717) is 5.75 Å². The summed E-state index contributed by atoms with van der Waals surface area (Å²) in [6.07, 6.45) is 1.89. The summed E-state index contributed by atoms with van der Waals surface area (Å²) in [6.45, 7) is 7.20. The first-order chi connectivity index (χ1) is 15.8. The quantitative estimate of drug-likeness (QED) is 0.476. The number of ether oxygens (including phenoxy) is 1. The van der Waals surface area contributed by atoms with Crippen LogP contribution >= 0.6 is 11.3 Å². The number of carboxylic acids is 1. The topological polar surface area (TPSA) is 70.1 Å². The van der Waals surface area contributed by atoms with Gasteiger partial charge in [-0.2, -0.15) is 0 Å². The van der Waals surface area contributed by atoms with E-state index in [2.05, 4.69) is 37.2 Å². The first-order valence-corrected chi connectivity index (χ1v) is 12.1. The highest BCUT2D eigenvalue weighted by Gasteiger charge is 2.27. The summed E-state index contributed by atoms with van der Waals surface area (Å²) >= 11 is 1.65. The highest BCUT2D eigenvalue weighted by molar-refractivity contribution is 7.17. The zero-order chi connectivity index (χ0) is 23.5. The van der Waals surface area contributed by atoms with Crippen LogP contribution in [0, 0.1) is 13.8 Å². The molecule has 1 aliphatic heterocycles. The Hall–Kier alpha value is -2.90. The van der Waals surface area contributed by atoms with Gasteiger partial charge in [-0.25, -0.2) is 4.79 Å². The molecule has 2 heterocycles. The van der Waals surface area contributed by atoms with Crippen LogP contribution in [0.15, 0.2) is 35.7 Å². The molecule has 1 N–H and O–H groups in total. The minimum Gasteiger partial charge on any atom is -0.482 e. The molecule has 0 atom stereocenters. The number of hydrogen-bond acceptors (Lipinski definition) is 5. The third kappa shape index (κ3) is 5.37. The Morgan fingerprint density at radius 3 is 2.76 bits per heavy atom. The lowest BCUT2D eigenvalue weighted by molar-refractivity contribution is -0.139. The van der Waals surface area contributed by atoms with Gasteiger partial charge in [0.1, 0.15) is 5.75 Å². The van der Waals surface area contributed by atoms with Gasteiger partial charge in [0.25, 0.3) is 5.91 Å². The average Bonchev–Trinajstić information content (AvgIpc) is 3.32. The van der Waals surface area contributed by atoms with Crippen LogP contribution in [-0.4, -0.2) is 60.1 Å². The van der Waals surface area contributed by atoms with Crippen molar-refractivity contribution in [3.63, 3.8) is 0 Å². The van der Waals surface area contributed by atoms with E-state index in [1.807, 2.05) is 29.2 Å². The van der Waals surface area contributed by atoms with Gasteiger partial charge in [0.2, 0.25) is 0 Å². The molecule has 0 saturated heterocycles. The summed E-state index contributed by atoms with van der Waals surface area (Å²) in [7, 11) is 2.12. The Bertz CT molecular complexity index is 1190. The fourth-order valence-corrected chi connectivity index (χ4v) is 5.31. The highest BCUT2D eigenvalue weighted by atomic mass is 32.1. The van der Waals surface area contributed by atoms with Crippen molar-refractivity contribution in [2.24, 2.45) is 0 Å². The molecule has 7 heteroatoms. The van der Waals surface area contributed by atoms with Crippen molar-refractivity contribution in [3.05, 3.63) is 63.5 Å². The zero-order valence-electron chi connectivity index (χ0n) is 19.4. The summed E-state index contributed by atoms with van der Waals surface area (Å²) in [4.78, 5) is 27.7.